The molecule has 1 amide bonds. The summed E-state index contributed by atoms with van der Waals surface area (Å²) in [5, 5.41) is 12.4. The highest BCUT2D eigenvalue weighted by Gasteiger charge is 2.40. The van der Waals surface area contributed by atoms with Crippen LogP contribution in [0.15, 0.2) is 0 Å². The number of carbonyl (C=O) groups is 1. The van der Waals surface area contributed by atoms with Crippen LogP contribution in [0.5, 0.6) is 0 Å². The molecule has 1 rings (SSSR count). The fraction of sp³-hybridized carbons (Fsp3) is 0.962. The van der Waals surface area contributed by atoms with Crippen LogP contribution in [-0.4, -0.2) is 30.5 Å². The number of nitrogens with one attached hydrogen (secondary N) is 1. The van der Waals surface area contributed by atoms with Crippen molar-refractivity contribution >= 4 is 6.09 Å². The maximum Gasteiger partial charge on any atom is 0.407 e. The molecule has 1 fully saturated rings. The van der Waals surface area contributed by atoms with Gasteiger partial charge in [0.1, 0.15) is 6.10 Å². The van der Waals surface area contributed by atoms with Crippen molar-refractivity contribution in [2.75, 3.05) is 13.2 Å². The topological polar surface area (TPSA) is 58.6 Å². The van der Waals surface area contributed by atoms with E-state index in [1.54, 1.807) is 0 Å². The number of amides is 1. The van der Waals surface area contributed by atoms with Crippen LogP contribution in [-0.2, 0) is 4.74 Å². The molecule has 0 aromatic heterocycles. The van der Waals surface area contributed by atoms with E-state index >= 15 is 0 Å². The van der Waals surface area contributed by atoms with Gasteiger partial charge in [0.25, 0.3) is 0 Å². The second-order valence-corrected chi connectivity index (χ2v) is 9.83. The van der Waals surface area contributed by atoms with Crippen LogP contribution < -0.4 is 5.32 Å². The van der Waals surface area contributed by atoms with Gasteiger partial charge in [0.2, 0.25) is 0 Å². The third kappa shape index (κ3) is 12.8. The summed E-state index contributed by atoms with van der Waals surface area (Å²) in [5.41, 5.74) is -0.258. The fourth-order valence-corrected chi connectivity index (χ4v) is 4.62. The molecule has 0 aromatic rings. The van der Waals surface area contributed by atoms with Crippen molar-refractivity contribution in [2.45, 2.75) is 142 Å². The Hall–Kier alpha value is -0.770. The van der Waals surface area contributed by atoms with Crippen molar-refractivity contribution in [1.29, 1.82) is 0 Å². The summed E-state index contributed by atoms with van der Waals surface area (Å²) < 4.78 is 5.54. The zero-order valence-electron chi connectivity index (χ0n) is 20.2. The number of rotatable bonds is 19. The lowest BCUT2D eigenvalue weighted by Crippen LogP contribution is -2.38. The second kappa shape index (κ2) is 17.9. The molecule has 30 heavy (non-hydrogen) atoms. The van der Waals surface area contributed by atoms with Gasteiger partial charge in [-0.2, -0.15) is 0 Å². The Labute approximate surface area is 186 Å². The van der Waals surface area contributed by atoms with Gasteiger partial charge in [-0.15, -0.1) is 0 Å². The molecule has 2 atom stereocenters. The molecule has 0 aliphatic heterocycles. The van der Waals surface area contributed by atoms with E-state index in [0.29, 0.717) is 6.54 Å². The van der Waals surface area contributed by atoms with Crippen LogP contribution >= 0.6 is 0 Å². The van der Waals surface area contributed by atoms with Crippen molar-refractivity contribution in [3.63, 3.8) is 0 Å². The zero-order chi connectivity index (χ0) is 21.9. The highest BCUT2D eigenvalue weighted by Crippen LogP contribution is 2.39. The van der Waals surface area contributed by atoms with Crippen LogP contribution in [0, 0.1) is 5.41 Å². The molecule has 0 saturated heterocycles. The Kier molecular flexibility index (Phi) is 16.2. The largest absolute Gasteiger partial charge is 0.446 e. The van der Waals surface area contributed by atoms with Crippen LogP contribution in [0.2, 0.25) is 0 Å². The molecule has 0 heterocycles. The van der Waals surface area contributed by atoms with Crippen molar-refractivity contribution in [3.8, 4) is 0 Å². The first kappa shape index (κ1) is 27.3. The van der Waals surface area contributed by atoms with Gasteiger partial charge in [-0.25, -0.2) is 4.79 Å². The van der Waals surface area contributed by atoms with E-state index in [1.807, 2.05) is 6.92 Å². The molecular weight excluding hydrogens is 374 g/mol. The summed E-state index contributed by atoms with van der Waals surface area (Å²) in [5.74, 6) is 0. The van der Waals surface area contributed by atoms with E-state index in [2.05, 4.69) is 12.2 Å². The number of unbranched alkanes of at least 4 members (excludes halogenated alkanes) is 15. The molecule has 1 aliphatic rings. The number of aliphatic hydroxyl groups is 1. The van der Waals surface area contributed by atoms with E-state index in [9.17, 15) is 9.90 Å². The molecule has 4 heteroatoms. The standard InChI is InChI=1S/C26H51NO3/c1-3-4-5-6-7-8-9-10-11-12-13-14-15-16-17-18-22-27-25(29)30-24-20-19-21-26(24,2)23-28/h24,28H,3-23H2,1-2H3,(H,27,29). The van der Waals surface area contributed by atoms with Gasteiger partial charge < -0.3 is 15.2 Å². The first-order valence-corrected chi connectivity index (χ1v) is 13.2. The predicted octanol–water partition coefficient (Wildman–Crippen LogP) is 7.53. The molecule has 0 radical (unpaired) electrons. The quantitative estimate of drug-likeness (QED) is 0.210. The van der Waals surface area contributed by atoms with Gasteiger partial charge in [-0.05, 0) is 25.7 Å². The second-order valence-electron chi connectivity index (χ2n) is 9.83. The van der Waals surface area contributed by atoms with Crippen LogP contribution in [0.1, 0.15) is 136 Å². The third-order valence-electron chi connectivity index (χ3n) is 6.90. The Morgan fingerprint density at radius 2 is 1.33 bits per heavy atom. The third-order valence-corrected chi connectivity index (χ3v) is 6.90. The highest BCUT2D eigenvalue weighted by atomic mass is 16.6. The molecule has 2 unspecified atom stereocenters. The van der Waals surface area contributed by atoms with Gasteiger partial charge in [-0.1, -0.05) is 110 Å². The Morgan fingerprint density at radius 1 is 0.867 bits per heavy atom. The molecule has 1 saturated carbocycles. The number of carbonyl (C=O) groups excluding carboxylic acids is 1. The SMILES string of the molecule is CCCCCCCCCCCCCCCCCCNC(=O)OC1CCCC1(C)CO. The number of ether oxygens (including phenoxy) is 1. The first-order chi connectivity index (χ1) is 14.6. The Balaban J connectivity index is 1.80. The Bertz CT molecular complexity index is 415. The lowest BCUT2D eigenvalue weighted by molar-refractivity contribution is 0.00313. The summed E-state index contributed by atoms with van der Waals surface area (Å²) in [7, 11) is 0. The number of hydrogen-bond donors (Lipinski definition) is 2. The van der Waals surface area contributed by atoms with Gasteiger partial charge in [0.15, 0.2) is 0 Å². The Morgan fingerprint density at radius 3 is 1.80 bits per heavy atom. The highest BCUT2D eigenvalue weighted by molar-refractivity contribution is 5.67. The summed E-state index contributed by atoms with van der Waals surface area (Å²) in [6.45, 7) is 5.07. The maximum atomic E-state index is 11.9. The molecule has 2 N–H and O–H groups in total. The maximum absolute atomic E-state index is 11.9. The van der Waals surface area contributed by atoms with Crippen molar-refractivity contribution in [1.82, 2.24) is 5.32 Å². The van der Waals surface area contributed by atoms with E-state index in [1.165, 1.54) is 96.3 Å². The number of aliphatic hydroxyl groups excluding tert-OH is 1. The van der Waals surface area contributed by atoms with E-state index in [0.717, 1.165) is 25.7 Å². The van der Waals surface area contributed by atoms with Gasteiger partial charge in [0.05, 0.1) is 6.61 Å². The van der Waals surface area contributed by atoms with Gasteiger partial charge in [-0.3, -0.25) is 0 Å². The minimum atomic E-state index is -0.317. The molecular formula is C26H51NO3. The van der Waals surface area contributed by atoms with E-state index < -0.39 is 0 Å². The molecule has 0 spiro atoms. The van der Waals surface area contributed by atoms with Crippen molar-refractivity contribution in [2.24, 2.45) is 5.41 Å². The summed E-state index contributed by atoms with van der Waals surface area (Å²) in [6.07, 6.45) is 24.0. The van der Waals surface area contributed by atoms with Crippen LogP contribution in [0.25, 0.3) is 0 Å². The minimum absolute atomic E-state index is 0.0874. The smallest absolute Gasteiger partial charge is 0.407 e. The summed E-state index contributed by atoms with van der Waals surface area (Å²) in [6, 6.07) is 0. The van der Waals surface area contributed by atoms with E-state index in [-0.39, 0.29) is 24.2 Å². The fourth-order valence-electron chi connectivity index (χ4n) is 4.62. The minimum Gasteiger partial charge on any atom is -0.446 e. The van der Waals surface area contributed by atoms with Gasteiger partial charge >= 0.3 is 6.09 Å². The van der Waals surface area contributed by atoms with E-state index in [4.69, 9.17) is 4.74 Å². The van der Waals surface area contributed by atoms with Gasteiger partial charge in [0, 0.05) is 12.0 Å². The average Bonchev–Trinajstić information content (AvgIpc) is 3.11. The van der Waals surface area contributed by atoms with Crippen LogP contribution in [0.4, 0.5) is 4.79 Å². The first-order valence-electron chi connectivity index (χ1n) is 13.2. The lowest BCUT2D eigenvalue weighted by atomic mass is 9.88. The zero-order valence-corrected chi connectivity index (χ0v) is 20.2. The van der Waals surface area contributed by atoms with Crippen molar-refractivity contribution < 1.29 is 14.6 Å². The van der Waals surface area contributed by atoms with Crippen LogP contribution in [0.3, 0.4) is 0 Å². The lowest BCUT2D eigenvalue weighted by Gasteiger charge is -2.28. The number of hydrogen-bond acceptors (Lipinski definition) is 3. The molecule has 178 valence electrons. The summed E-state index contributed by atoms with van der Waals surface area (Å²) >= 11 is 0. The van der Waals surface area contributed by atoms with Crippen molar-refractivity contribution in [3.05, 3.63) is 0 Å². The summed E-state index contributed by atoms with van der Waals surface area (Å²) in [4.78, 5) is 11.9. The average molecular weight is 426 g/mol. The molecule has 1 aliphatic carbocycles. The monoisotopic (exact) mass is 425 g/mol. The normalized spacial score (nSPS) is 21.1. The predicted molar refractivity (Wildman–Crippen MR) is 127 cm³/mol. The molecule has 4 nitrogen and oxygen atoms in total. The molecule has 0 bridgehead atoms. The number of alkyl carbamates (subject to hydrolysis) is 1. The molecule has 0 aromatic carbocycles.